The molecule has 2 fully saturated rings. The summed E-state index contributed by atoms with van der Waals surface area (Å²) in [5.41, 5.74) is 0.110. The zero-order chi connectivity index (χ0) is 26.4. The van der Waals surface area contributed by atoms with Crippen molar-refractivity contribution < 1.29 is 22.9 Å². The van der Waals surface area contributed by atoms with Crippen molar-refractivity contribution in [3.05, 3.63) is 58.3 Å². The third-order valence-corrected chi connectivity index (χ3v) is 6.96. The second-order valence-corrected chi connectivity index (χ2v) is 9.44. The number of halogens is 3. The van der Waals surface area contributed by atoms with E-state index < -0.39 is 16.7 Å². The maximum absolute atomic E-state index is 12.8. The number of nitrogens with one attached hydrogen (secondary N) is 1. The number of hydrogen-bond donors (Lipinski definition) is 1. The number of likely N-dealkylation sites (tertiary alicyclic amines) is 1. The minimum atomic E-state index is -4.33. The van der Waals surface area contributed by atoms with Crippen molar-refractivity contribution in [2.45, 2.75) is 37.9 Å². The number of pyridine rings is 1. The predicted molar refractivity (Wildman–Crippen MR) is 133 cm³/mol. The number of rotatable bonds is 8. The highest BCUT2D eigenvalue weighted by Gasteiger charge is 2.30. The molecule has 0 unspecified atom stereocenters. The van der Waals surface area contributed by atoms with Crippen molar-refractivity contribution in [2.75, 3.05) is 56.0 Å². The molecule has 37 heavy (non-hydrogen) atoms. The fraction of sp³-hybridized carbons (Fsp3) is 0.520. The van der Waals surface area contributed by atoms with E-state index in [1.165, 1.54) is 24.4 Å². The Labute approximate surface area is 213 Å². The van der Waals surface area contributed by atoms with Crippen molar-refractivity contribution >= 4 is 23.1 Å². The molecule has 4 rings (SSSR count). The maximum Gasteiger partial charge on any atom is 0.416 e. The highest BCUT2D eigenvalue weighted by atomic mass is 19.4. The Balaban J connectivity index is 1.12. The van der Waals surface area contributed by atoms with Gasteiger partial charge in [0.1, 0.15) is 12.0 Å². The Morgan fingerprint density at radius 3 is 2.27 bits per heavy atom. The van der Waals surface area contributed by atoms with Gasteiger partial charge < -0.3 is 15.1 Å². The molecule has 12 heteroatoms. The fourth-order valence-corrected chi connectivity index (χ4v) is 4.76. The van der Waals surface area contributed by atoms with Gasteiger partial charge in [-0.25, -0.2) is 4.98 Å². The normalized spacial score (nSPS) is 17.6. The SMILES string of the molecule is O=C(CCCN1CCN(c2ccc(C(F)(F)F)cc2)CC1)N1CCC(Nc2ccc([N+](=O)[O-])cn2)CC1. The van der Waals surface area contributed by atoms with Crippen LogP contribution >= 0.6 is 0 Å². The number of piperazine rings is 1. The van der Waals surface area contributed by atoms with Crippen molar-refractivity contribution in [1.82, 2.24) is 14.8 Å². The molecule has 0 radical (unpaired) electrons. The van der Waals surface area contributed by atoms with Crippen LogP contribution in [-0.4, -0.2) is 77.5 Å². The van der Waals surface area contributed by atoms with Crippen LogP contribution in [0.3, 0.4) is 0 Å². The van der Waals surface area contributed by atoms with E-state index in [9.17, 15) is 28.1 Å². The Bertz CT molecular complexity index is 1050. The second-order valence-electron chi connectivity index (χ2n) is 9.44. The van der Waals surface area contributed by atoms with Crippen LogP contribution < -0.4 is 10.2 Å². The lowest BCUT2D eigenvalue weighted by Crippen LogP contribution is -2.47. The topological polar surface area (TPSA) is 94.9 Å². The standard InChI is InChI=1S/C25H31F3N6O3/c26-25(27,28)19-3-5-21(6-4-19)32-16-14-31(15-17-32)11-1-2-24(35)33-12-9-20(10-13-33)30-23-8-7-22(18-29-23)34(36)37/h3-8,18,20H,1-2,9-17H2,(H,29,30). The molecule has 2 aliphatic rings. The van der Waals surface area contributed by atoms with Crippen LogP contribution in [0.25, 0.3) is 0 Å². The summed E-state index contributed by atoms with van der Waals surface area (Å²) in [6.07, 6.45) is -0.262. The van der Waals surface area contributed by atoms with E-state index in [4.69, 9.17) is 0 Å². The molecule has 1 N–H and O–H groups in total. The molecular formula is C25H31F3N6O3. The van der Waals surface area contributed by atoms with Gasteiger partial charge in [0.15, 0.2) is 0 Å². The van der Waals surface area contributed by atoms with E-state index in [1.807, 2.05) is 4.90 Å². The van der Waals surface area contributed by atoms with E-state index >= 15 is 0 Å². The van der Waals surface area contributed by atoms with Gasteiger partial charge in [-0.15, -0.1) is 0 Å². The molecule has 0 atom stereocenters. The number of alkyl halides is 3. The first kappa shape index (κ1) is 26.6. The van der Waals surface area contributed by atoms with Gasteiger partial charge in [0.05, 0.1) is 10.5 Å². The summed E-state index contributed by atoms with van der Waals surface area (Å²) >= 11 is 0. The zero-order valence-corrected chi connectivity index (χ0v) is 20.5. The lowest BCUT2D eigenvalue weighted by molar-refractivity contribution is -0.385. The maximum atomic E-state index is 12.8. The first-order chi connectivity index (χ1) is 17.7. The van der Waals surface area contributed by atoms with Gasteiger partial charge in [0, 0.05) is 63.5 Å². The van der Waals surface area contributed by atoms with E-state index in [1.54, 1.807) is 6.07 Å². The third kappa shape index (κ3) is 7.31. The molecule has 2 aliphatic heterocycles. The molecule has 0 bridgehead atoms. The first-order valence-corrected chi connectivity index (χ1v) is 12.5. The molecule has 0 spiro atoms. The monoisotopic (exact) mass is 520 g/mol. The van der Waals surface area contributed by atoms with E-state index in [0.29, 0.717) is 25.3 Å². The number of carbonyl (C=O) groups excluding carboxylic acids is 1. The Morgan fingerprint density at radius 2 is 1.70 bits per heavy atom. The van der Waals surface area contributed by atoms with Crippen LogP contribution in [0, 0.1) is 10.1 Å². The molecule has 9 nitrogen and oxygen atoms in total. The Kier molecular flexibility index (Phi) is 8.47. The molecule has 200 valence electrons. The highest BCUT2D eigenvalue weighted by molar-refractivity contribution is 5.76. The van der Waals surface area contributed by atoms with Gasteiger partial charge in [-0.3, -0.25) is 19.8 Å². The van der Waals surface area contributed by atoms with E-state index in [-0.39, 0.29) is 17.6 Å². The molecule has 2 saturated heterocycles. The average Bonchev–Trinajstić information content (AvgIpc) is 2.89. The van der Waals surface area contributed by atoms with Crippen LogP contribution in [0.2, 0.25) is 0 Å². The summed E-state index contributed by atoms with van der Waals surface area (Å²) in [4.78, 5) is 33.3. The molecule has 1 amide bonds. The van der Waals surface area contributed by atoms with Gasteiger partial charge >= 0.3 is 6.18 Å². The smallest absolute Gasteiger partial charge is 0.369 e. The predicted octanol–water partition coefficient (Wildman–Crippen LogP) is 4.01. The average molecular weight is 521 g/mol. The summed E-state index contributed by atoms with van der Waals surface area (Å²) in [6.45, 7) is 5.24. The summed E-state index contributed by atoms with van der Waals surface area (Å²) in [6, 6.07) is 8.48. The number of aromatic nitrogens is 1. The van der Waals surface area contributed by atoms with Crippen molar-refractivity contribution in [2.24, 2.45) is 0 Å². The lowest BCUT2D eigenvalue weighted by Gasteiger charge is -2.36. The molecule has 2 aromatic rings. The first-order valence-electron chi connectivity index (χ1n) is 12.5. The Morgan fingerprint density at radius 1 is 1.03 bits per heavy atom. The summed E-state index contributed by atoms with van der Waals surface area (Å²) in [7, 11) is 0. The van der Waals surface area contributed by atoms with Crippen LogP contribution in [0.1, 0.15) is 31.2 Å². The molecule has 1 aromatic carbocycles. The second kappa shape index (κ2) is 11.8. The zero-order valence-electron chi connectivity index (χ0n) is 20.5. The number of benzene rings is 1. The molecular weight excluding hydrogens is 489 g/mol. The molecule has 0 saturated carbocycles. The van der Waals surface area contributed by atoms with Gasteiger partial charge in [0.2, 0.25) is 5.91 Å². The van der Waals surface area contributed by atoms with E-state index in [2.05, 4.69) is 20.1 Å². The lowest BCUT2D eigenvalue weighted by atomic mass is 10.0. The minimum Gasteiger partial charge on any atom is -0.369 e. The largest absolute Gasteiger partial charge is 0.416 e. The molecule has 1 aromatic heterocycles. The number of nitro groups is 1. The number of piperidine rings is 1. The molecule has 0 aliphatic carbocycles. The quantitative estimate of drug-likeness (QED) is 0.415. The highest BCUT2D eigenvalue weighted by Crippen LogP contribution is 2.30. The number of nitrogens with zero attached hydrogens (tertiary/aromatic N) is 5. The van der Waals surface area contributed by atoms with Gasteiger partial charge in [-0.1, -0.05) is 0 Å². The van der Waals surface area contributed by atoms with E-state index in [0.717, 1.165) is 69.8 Å². The summed E-state index contributed by atoms with van der Waals surface area (Å²) in [5.74, 6) is 0.740. The van der Waals surface area contributed by atoms with Crippen LogP contribution in [-0.2, 0) is 11.0 Å². The fourth-order valence-electron chi connectivity index (χ4n) is 4.76. The van der Waals surface area contributed by atoms with Crippen LogP contribution in [0.15, 0.2) is 42.6 Å². The molecule has 3 heterocycles. The summed E-state index contributed by atoms with van der Waals surface area (Å²) in [5, 5.41) is 14.0. The van der Waals surface area contributed by atoms with Crippen molar-refractivity contribution in [1.29, 1.82) is 0 Å². The third-order valence-electron chi connectivity index (χ3n) is 6.96. The van der Waals surface area contributed by atoms with Gasteiger partial charge in [-0.2, -0.15) is 13.2 Å². The number of amides is 1. The number of anilines is 2. The van der Waals surface area contributed by atoms with Gasteiger partial charge in [0.25, 0.3) is 5.69 Å². The summed E-state index contributed by atoms with van der Waals surface area (Å²) < 4.78 is 38.3. The van der Waals surface area contributed by atoms with Crippen LogP contribution in [0.5, 0.6) is 0 Å². The van der Waals surface area contributed by atoms with Crippen molar-refractivity contribution in [3.8, 4) is 0 Å². The van der Waals surface area contributed by atoms with Crippen molar-refractivity contribution in [3.63, 3.8) is 0 Å². The van der Waals surface area contributed by atoms with Gasteiger partial charge in [-0.05, 0) is 56.1 Å². The number of hydrogen-bond acceptors (Lipinski definition) is 7. The van der Waals surface area contributed by atoms with Crippen LogP contribution in [0.4, 0.5) is 30.4 Å². The number of carbonyl (C=O) groups is 1. The minimum absolute atomic E-state index is 0.0491. The Hall–Kier alpha value is -3.41.